The number of amides is 1. The van der Waals surface area contributed by atoms with Gasteiger partial charge in [-0.05, 0) is 43.0 Å². The number of nitrogens with one attached hydrogen (secondary N) is 1. The minimum absolute atomic E-state index is 0.0634. The zero-order valence-electron chi connectivity index (χ0n) is 14.1. The zero-order chi connectivity index (χ0) is 17.8. The molecule has 2 unspecified atom stereocenters. The molecular formula is C18H22ClN3O3. The lowest BCUT2D eigenvalue weighted by Crippen LogP contribution is -2.32. The molecule has 0 bridgehead atoms. The Morgan fingerprint density at radius 2 is 2.12 bits per heavy atom. The Morgan fingerprint density at radius 1 is 1.40 bits per heavy atom. The molecule has 1 aromatic heterocycles. The monoisotopic (exact) mass is 363 g/mol. The number of rotatable bonds is 8. The molecule has 134 valence electrons. The molecule has 25 heavy (non-hydrogen) atoms. The van der Waals surface area contributed by atoms with Crippen LogP contribution in [0.1, 0.15) is 42.5 Å². The molecule has 7 heteroatoms. The maximum Gasteiger partial charge on any atom is 0.245 e. The SMILES string of the molecule is COC(CC(=O)NO)C(Cc1ccc(Cl)cc1)c1ccnn1C1CC1. The quantitative estimate of drug-likeness (QED) is 0.558. The molecule has 0 radical (unpaired) electrons. The van der Waals surface area contributed by atoms with E-state index >= 15 is 0 Å². The van der Waals surface area contributed by atoms with E-state index in [1.54, 1.807) is 18.8 Å². The first-order valence-corrected chi connectivity index (χ1v) is 8.73. The molecular weight excluding hydrogens is 342 g/mol. The first-order valence-electron chi connectivity index (χ1n) is 8.36. The van der Waals surface area contributed by atoms with Crippen molar-refractivity contribution in [2.75, 3.05) is 7.11 Å². The topological polar surface area (TPSA) is 76.4 Å². The fourth-order valence-corrected chi connectivity index (χ4v) is 3.29. The predicted octanol–water partition coefficient (Wildman–Crippen LogP) is 3.11. The summed E-state index contributed by atoms with van der Waals surface area (Å²) in [5.41, 5.74) is 3.84. The van der Waals surface area contributed by atoms with E-state index in [1.807, 2.05) is 35.0 Å². The minimum Gasteiger partial charge on any atom is -0.380 e. The van der Waals surface area contributed by atoms with Gasteiger partial charge in [0.05, 0.1) is 18.6 Å². The molecule has 1 heterocycles. The second kappa shape index (κ2) is 7.99. The summed E-state index contributed by atoms with van der Waals surface area (Å²) in [6.45, 7) is 0. The van der Waals surface area contributed by atoms with Crippen molar-refractivity contribution in [3.8, 4) is 0 Å². The van der Waals surface area contributed by atoms with Gasteiger partial charge in [-0.25, -0.2) is 5.48 Å². The number of aromatic nitrogens is 2. The van der Waals surface area contributed by atoms with Crippen molar-refractivity contribution in [1.82, 2.24) is 15.3 Å². The third-order valence-electron chi connectivity index (χ3n) is 4.61. The van der Waals surface area contributed by atoms with Crippen LogP contribution in [0.3, 0.4) is 0 Å². The zero-order valence-corrected chi connectivity index (χ0v) is 14.8. The average molecular weight is 364 g/mol. The molecule has 0 spiro atoms. The molecule has 1 aromatic carbocycles. The first kappa shape index (κ1) is 17.9. The number of hydrogen-bond acceptors (Lipinski definition) is 4. The van der Waals surface area contributed by atoms with Crippen LogP contribution in [0.2, 0.25) is 5.02 Å². The average Bonchev–Trinajstić information content (AvgIpc) is 3.36. The van der Waals surface area contributed by atoms with E-state index in [1.165, 1.54) is 0 Å². The van der Waals surface area contributed by atoms with Gasteiger partial charge >= 0.3 is 0 Å². The summed E-state index contributed by atoms with van der Waals surface area (Å²) >= 11 is 5.98. The van der Waals surface area contributed by atoms with Gasteiger partial charge in [-0.3, -0.25) is 14.7 Å². The maximum absolute atomic E-state index is 11.7. The number of methoxy groups -OCH3 is 1. The summed E-state index contributed by atoms with van der Waals surface area (Å²) in [6.07, 6.45) is 4.42. The molecule has 1 fully saturated rings. The van der Waals surface area contributed by atoms with E-state index in [9.17, 15) is 4.79 Å². The van der Waals surface area contributed by atoms with E-state index in [4.69, 9.17) is 21.5 Å². The van der Waals surface area contributed by atoms with Gasteiger partial charge in [0.25, 0.3) is 0 Å². The van der Waals surface area contributed by atoms with Crippen molar-refractivity contribution < 1.29 is 14.7 Å². The van der Waals surface area contributed by atoms with Gasteiger partial charge < -0.3 is 4.74 Å². The predicted molar refractivity (Wildman–Crippen MR) is 93.7 cm³/mol. The van der Waals surface area contributed by atoms with Crippen LogP contribution >= 0.6 is 11.6 Å². The highest BCUT2D eigenvalue weighted by molar-refractivity contribution is 6.30. The summed E-state index contributed by atoms with van der Waals surface area (Å²) in [5, 5.41) is 14.0. The van der Waals surface area contributed by atoms with Crippen LogP contribution in [-0.4, -0.2) is 34.1 Å². The second-order valence-corrected chi connectivity index (χ2v) is 6.82. The molecule has 1 saturated carbocycles. The maximum atomic E-state index is 11.7. The summed E-state index contributed by atoms with van der Waals surface area (Å²) in [7, 11) is 1.59. The minimum atomic E-state index is -0.467. The lowest BCUT2D eigenvalue weighted by Gasteiger charge is -2.26. The Balaban J connectivity index is 1.90. The fourth-order valence-electron chi connectivity index (χ4n) is 3.16. The van der Waals surface area contributed by atoms with Gasteiger partial charge in [-0.2, -0.15) is 5.10 Å². The van der Waals surface area contributed by atoms with Gasteiger partial charge in [0.15, 0.2) is 0 Å². The standard InChI is InChI=1S/C18H22ClN3O3/c1-25-17(11-18(23)21-24)15(10-12-2-4-13(19)5-3-12)16-8-9-20-22(16)14-6-7-14/h2-5,8-9,14-15,17,24H,6-7,10-11H2,1H3,(H,21,23). The number of hydrogen-bond donors (Lipinski definition) is 2. The normalized spacial score (nSPS) is 16.4. The third kappa shape index (κ3) is 4.39. The van der Waals surface area contributed by atoms with Crippen LogP contribution in [-0.2, 0) is 16.0 Å². The molecule has 2 atom stereocenters. The molecule has 1 aliphatic carbocycles. The van der Waals surface area contributed by atoms with Gasteiger partial charge in [-0.1, -0.05) is 23.7 Å². The molecule has 0 aliphatic heterocycles. The number of carbonyl (C=O) groups excluding carboxylic acids is 1. The van der Waals surface area contributed by atoms with E-state index in [0.29, 0.717) is 17.5 Å². The van der Waals surface area contributed by atoms with Crippen LogP contribution in [0.5, 0.6) is 0 Å². The van der Waals surface area contributed by atoms with Crippen LogP contribution in [0.4, 0.5) is 0 Å². The Hall–Kier alpha value is -1.89. The number of nitrogens with zero attached hydrogens (tertiary/aromatic N) is 2. The number of hydroxylamine groups is 1. The smallest absolute Gasteiger partial charge is 0.245 e. The summed E-state index contributed by atoms with van der Waals surface area (Å²) in [5.74, 6) is -0.531. The van der Waals surface area contributed by atoms with Gasteiger partial charge in [0.2, 0.25) is 5.91 Å². The van der Waals surface area contributed by atoms with Crippen LogP contribution in [0.15, 0.2) is 36.5 Å². The lowest BCUT2D eigenvalue weighted by molar-refractivity contribution is -0.132. The highest BCUT2D eigenvalue weighted by atomic mass is 35.5. The van der Waals surface area contributed by atoms with E-state index < -0.39 is 5.91 Å². The number of ether oxygens (including phenoxy) is 1. The number of carbonyl (C=O) groups is 1. The van der Waals surface area contributed by atoms with Crippen molar-refractivity contribution in [3.63, 3.8) is 0 Å². The van der Waals surface area contributed by atoms with E-state index in [0.717, 1.165) is 24.1 Å². The van der Waals surface area contributed by atoms with Crippen LogP contribution < -0.4 is 5.48 Å². The number of benzene rings is 1. The van der Waals surface area contributed by atoms with Crippen molar-refractivity contribution in [1.29, 1.82) is 0 Å². The molecule has 2 aromatic rings. The van der Waals surface area contributed by atoms with Crippen LogP contribution in [0, 0.1) is 0 Å². The molecule has 6 nitrogen and oxygen atoms in total. The summed E-state index contributed by atoms with van der Waals surface area (Å²) in [4.78, 5) is 11.7. The largest absolute Gasteiger partial charge is 0.380 e. The Bertz CT molecular complexity index is 713. The highest BCUT2D eigenvalue weighted by Gasteiger charge is 2.33. The second-order valence-electron chi connectivity index (χ2n) is 6.38. The van der Waals surface area contributed by atoms with Gasteiger partial charge in [0, 0.05) is 29.9 Å². The third-order valence-corrected chi connectivity index (χ3v) is 4.86. The lowest BCUT2D eigenvalue weighted by atomic mass is 9.89. The summed E-state index contributed by atoms with van der Waals surface area (Å²) in [6, 6.07) is 10.1. The Labute approximate surface area is 151 Å². The van der Waals surface area contributed by atoms with E-state index in [-0.39, 0.29) is 18.4 Å². The number of halogens is 1. The van der Waals surface area contributed by atoms with Crippen LogP contribution in [0.25, 0.3) is 0 Å². The van der Waals surface area contributed by atoms with Crippen molar-refractivity contribution in [2.24, 2.45) is 0 Å². The molecule has 0 saturated heterocycles. The van der Waals surface area contributed by atoms with Gasteiger partial charge in [0.1, 0.15) is 0 Å². The van der Waals surface area contributed by atoms with E-state index in [2.05, 4.69) is 5.10 Å². The molecule has 1 aliphatic rings. The Kier molecular flexibility index (Phi) is 5.73. The van der Waals surface area contributed by atoms with Crippen molar-refractivity contribution in [3.05, 3.63) is 52.8 Å². The summed E-state index contributed by atoms with van der Waals surface area (Å²) < 4.78 is 7.67. The highest BCUT2D eigenvalue weighted by Crippen LogP contribution is 2.38. The first-order chi connectivity index (χ1) is 12.1. The molecule has 3 rings (SSSR count). The van der Waals surface area contributed by atoms with Crippen molar-refractivity contribution in [2.45, 2.75) is 43.7 Å². The van der Waals surface area contributed by atoms with Gasteiger partial charge in [-0.15, -0.1) is 0 Å². The van der Waals surface area contributed by atoms with Crippen molar-refractivity contribution >= 4 is 17.5 Å². The molecule has 2 N–H and O–H groups in total. The fraction of sp³-hybridized carbons (Fsp3) is 0.444. The Morgan fingerprint density at radius 3 is 2.72 bits per heavy atom. The molecule has 1 amide bonds.